The van der Waals surface area contributed by atoms with Crippen molar-refractivity contribution in [2.45, 2.75) is 32.5 Å². The van der Waals surface area contributed by atoms with Gasteiger partial charge in [-0.25, -0.2) is 14.1 Å². The number of nitrogens with zero attached hydrogens (tertiary/aromatic N) is 6. The molecular weight excluding hydrogens is 571 g/mol. The molecule has 2 aromatic carbocycles. The number of pyridine rings is 1. The number of rotatable bonds is 7. The Morgan fingerprint density at radius 1 is 1.20 bits per heavy atom. The summed E-state index contributed by atoms with van der Waals surface area (Å²) in [5, 5.41) is 6.06. The lowest BCUT2D eigenvalue weighted by Crippen LogP contribution is -2.47. The normalized spacial score (nSPS) is 16.3. The average molecular weight is 597 g/mol. The van der Waals surface area contributed by atoms with E-state index in [0.29, 0.717) is 58.2 Å². The molecule has 0 amide bonds. The summed E-state index contributed by atoms with van der Waals surface area (Å²) in [5.74, 6) is -0.756. The average Bonchev–Trinajstić information content (AvgIpc) is 3.72. The van der Waals surface area contributed by atoms with E-state index in [1.54, 1.807) is 23.2 Å². The van der Waals surface area contributed by atoms with Crippen LogP contribution in [0.1, 0.15) is 41.7 Å². The smallest absolute Gasteiger partial charge is 0.230 e. The van der Waals surface area contributed by atoms with Crippen molar-refractivity contribution in [2.24, 2.45) is 4.99 Å². The van der Waals surface area contributed by atoms with Gasteiger partial charge < -0.3 is 9.47 Å². The van der Waals surface area contributed by atoms with Crippen LogP contribution in [-0.4, -0.2) is 57.4 Å². The van der Waals surface area contributed by atoms with Gasteiger partial charge in [-0.15, -0.1) is 5.10 Å². The monoisotopic (exact) mass is 596 g/mol. The minimum Gasteiger partial charge on any atom is -0.367 e. The van der Waals surface area contributed by atoms with Gasteiger partial charge in [0.25, 0.3) is 0 Å². The summed E-state index contributed by atoms with van der Waals surface area (Å²) in [5.41, 5.74) is 1.77. The van der Waals surface area contributed by atoms with E-state index < -0.39 is 11.2 Å². The molecule has 40 heavy (non-hydrogen) atoms. The Morgan fingerprint density at radius 2 is 1.93 bits per heavy atom. The Bertz CT molecular complexity index is 1750. The van der Waals surface area contributed by atoms with Crippen LogP contribution in [0.4, 0.5) is 15.2 Å². The largest absolute Gasteiger partial charge is 0.367 e. The Kier molecular flexibility index (Phi) is 7.39. The first kappa shape index (κ1) is 26.9. The van der Waals surface area contributed by atoms with Gasteiger partial charge in [-0.3, -0.25) is 14.5 Å². The van der Waals surface area contributed by atoms with E-state index in [-0.39, 0.29) is 22.8 Å². The Balaban J connectivity index is 1.16. The summed E-state index contributed by atoms with van der Waals surface area (Å²) in [4.78, 5) is 33.7. The molecular formula is C28H26ClFN6O2S2. The van der Waals surface area contributed by atoms with E-state index in [1.807, 2.05) is 33.7 Å². The van der Waals surface area contributed by atoms with Gasteiger partial charge in [0, 0.05) is 55.0 Å². The third-order valence-electron chi connectivity index (χ3n) is 7.26. The molecule has 0 N–H and O–H groups in total. The van der Waals surface area contributed by atoms with Crippen molar-refractivity contribution in [3.8, 4) is 0 Å². The predicted molar refractivity (Wildman–Crippen MR) is 160 cm³/mol. The van der Waals surface area contributed by atoms with Crippen molar-refractivity contribution >= 4 is 68.9 Å². The van der Waals surface area contributed by atoms with Crippen LogP contribution in [0.15, 0.2) is 52.4 Å². The van der Waals surface area contributed by atoms with Gasteiger partial charge in [-0.2, -0.15) is 0 Å². The highest BCUT2D eigenvalue weighted by atomic mass is 35.5. The van der Waals surface area contributed by atoms with E-state index in [4.69, 9.17) is 23.8 Å². The molecule has 1 aliphatic heterocycles. The molecule has 1 saturated carbocycles. The second-order valence-corrected chi connectivity index (χ2v) is 12.1. The van der Waals surface area contributed by atoms with Gasteiger partial charge in [-0.1, -0.05) is 35.1 Å². The first-order valence-electron chi connectivity index (χ1n) is 13.0. The highest BCUT2D eigenvalue weighted by Gasteiger charge is 2.28. The van der Waals surface area contributed by atoms with Gasteiger partial charge in [0.2, 0.25) is 5.13 Å². The van der Waals surface area contributed by atoms with Crippen molar-refractivity contribution in [2.75, 3.05) is 31.1 Å². The third-order valence-corrected chi connectivity index (χ3v) is 8.72. The van der Waals surface area contributed by atoms with E-state index in [9.17, 15) is 9.59 Å². The van der Waals surface area contributed by atoms with Crippen LogP contribution in [0.2, 0.25) is 5.02 Å². The lowest BCUT2D eigenvalue weighted by atomic mass is 10.1. The number of aromatic nitrogens is 3. The van der Waals surface area contributed by atoms with Gasteiger partial charge in [-0.05, 0) is 61.8 Å². The fraction of sp³-hybridized carbons (Fsp3) is 0.321. The molecule has 0 radical (unpaired) electrons. The van der Waals surface area contributed by atoms with Crippen LogP contribution in [0, 0.1) is 9.77 Å². The van der Waals surface area contributed by atoms with Crippen molar-refractivity contribution < 1.29 is 9.18 Å². The lowest BCUT2D eigenvalue weighted by molar-refractivity contribution is 0.101. The summed E-state index contributed by atoms with van der Waals surface area (Å²) in [6.45, 7) is 4.51. The van der Waals surface area contributed by atoms with Gasteiger partial charge in [0.15, 0.2) is 15.2 Å². The SMILES string of the molecule is CC(=O)c1cn(C2CC2)c2cc(N3CCN(Cn4nc(N=Cc5ccc(Cl)cc5)sc4=S)CC3)c(F)cc2c1=O. The van der Waals surface area contributed by atoms with E-state index >= 15 is 4.39 Å². The fourth-order valence-corrected chi connectivity index (χ4v) is 5.99. The van der Waals surface area contributed by atoms with Gasteiger partial charge in [0.05, 0.1) is 23.4 Å². The highest BCUT2D eigenvalue weighted by molar-refractivity contribution is 7.73. The number of halogens is 2. The van der Waals surface area contributed by atoms with E-state index in [0.717, 1.165) is 18.4 Å². The van der Waals surface area contributed by atoms with Crippen molar-refractivity contribution in [3.05, 3.63) is 78.7 Å². The van der Waals surface area contributed by atoms with E-state index in [2.05, 4.69) is 15.0 Å². The fourth-order valence-electron chi connectivity index (χ4n) is 4.94. The van der Waals surface area contributed by atoms with Crippen LogP contribution in [0.3, 0.4) is 0 Å². The maximum absolute atomic E-state index is 15.3. The van der Waals surface area contributed by atoms with Crippen LogP contribution in [0.25, 0.3) is 10.9 Å². The Morgan fingerprint density at radius 3 is 2.60 bits per heavy atom. The van der Waals surface area contributed by atoms with Crippen LogP contribution in [0.5, 0.6) is 0 Å². The number of carbonyl (C=O) groups is 1. The minimum atomic E-state index is -0.453. The lowest BCUT2D eigenvalue weighted by Gasteiger charge is -2.36. The number of ketones is 1. The highest BCUT2D eigenvalue weighted by Crippen LogP contribution is 2.38. The van der Waals surface area contributed by atoms with Crippen LogP contribution < -0.4 is 10.3 Å². The standard InChI is InChI=1S/C28H26ClFN6O2S2/c1-17(37)22-15-35(20-6-7-20)24-13-25(23(30)12-21(24)26(22)38)34-10-8-33(9-11-34)16-36-28(39)40-27(32-36)31-14-18-2-4-19(29)5-3-18/h2-5,12-15,20H,6-11,16H2,1H3. The molecule has 0 atom stereocenters. The molecule has 206 valence electrons. The number of anilines is 1. The Labute approximate surface area is 243 Å². The van der Waals surface area contributed by atoms with Crippen molar-refractivity contribution in [3.63, 3.8) is 0 Å². The Hall–Kier alpha value is -3.25. The van der Waals surface area contributed by atoms with E-state index in [1.165, 1.54) is 24.3 Å². The second kappa shape index (κ2) is 11.0. The number of benzene rings is 2. The molecule has 0 unspecified atom stereocenters. The molecule has 2 fully saturated rings. The van der Waals surface area contributed by atoms with Crippen molar-refractivity contribution in [1.82, 2.24) is 19.2 Å². The number of piperazine rings is 1. The zero-order valence-electron chi connectivity index (χ0n) is 21.7. The number of hydrogen-bond acceptors (Lipinski definition) is 8. The first-order valence-corrected chi connectivity index (χ1v) is 14.6. The molecule has 2 aromatic heterocycles. The molecule has 1 saturated heterocycles. The summed E-state index contributed by atoms with van der Waals surface area (Å²) < 4.78 is 19.7. The molecule has 2 aliphatic rings. The summed E-state index contributed by atoms with van der Waals surface area (Å²) in [6.07, 6.45) is 5.34. The zero-order chi connectivity index (χ0) is 28.0. The molecule has 0 spiro atoms. The number of aliphatic imine (C=N–C) groups is 1. The maximum atomic E-state index is 15.3. The van der Waals surface area contributed by atoms with Gasteiger partial charge >= 0.3 is 0 Å². The maximum Gasteiger partial charge on any atom is 0.230 e. The third kappa shape index (κ3) is 5.51. The quantitative estimate of drug-likeness (QED) is 0.151. The summed E-state index contributed by atoms with van der Waals surface area (Å²) >= 11 is 12.8. The molecule has 6 rings (SSSR count). The minimum absolute atomic E-state index is 0.111. The number of fused-ring (bicyclic) bond motifs is 1. The number of Topliss-reactive ketones (excluding diaryl/α,β-unsaturated/α-hetero) is 1. The molecule has 3 heterocycles. The molecule has 8 nitrogen and oxygen atoms in total. The van der Waals surface area contributed by atoms with Gasteiger partial charge in [0.1, 0.15) is 5.82 Å². The molecule has 1 aliphatic carbocycles. The first-order chi connectivity index (χ1) is 19.3. The van der Waals surface area contributed by atoms with Crippen LogP contribution >= 0.6 is 35.2 Å². The summed E-state index contributed by atoms with van der Waals surface area (Å²) in [7, 11) is 0. The second-order valence-electron chi connectivity index (χ2n) is 10.1. The molecule has 12 heteroatoms. The number of hydrogen-bond donors (Lipinski definition) is 0. The predicted octanol–water partition coefficient (Wildman–Crippen LogP) is 5.85. The molecule has 0 bridgehead atoms. The van der Waals surface area contributed by atoms with Crippen molar-refractivity contribution in [1.29, 1.82) is 0 Å². The molecule has 4 aromatic rings. The zero-order valence-corrected chi connectivity index (χ0v) is 24.1. The number of carbonyl (C=O) groups excluding carboxylic acids is 1. The van der Waals surface area contributed by atoms with Crippen LogP contribution in [-0.2, 0) is 6.67 Å². The summed E-state index contributed by atoms with van der Waals surface area (Å²) in [6, 6.07) is 10.7. The topological polar surface area (TPSA) is 75.7 Å².